The fraction of sp³-hybridized carbons (Fsp3) is 0.556. The molecule has 26 heavy (non-hydrogen) atoms. The van der Waals surface area contributed by atoms with Crippen LogP contribution in [-0.4, -0.2) is 42.7 Å². The van der Waals surface area contributed by atoms with Crippen molar-refractivity contribution in [3.8, 4) is 11.8 Å². The lowest BCUT2D eigenvalue weighted by atomic mass is 10.0. The predicted molar refractivity (Wildman–Crippen MR) is 90.8 cm³/mol. The van der Waals surface area contributed by atoms with Crippen molar-refractivity contribution < 1.29 is 22.7 Å². The summed E-state index contributed by atoms with van der Waals surface area (Å²) in [5.74, 6) is -0.320. The van der Waals surface area contributed by atoms with Crippen molar-refractivity contribution in [3.63, 3.8) is 0 Å². The second-order valence-electron chi connectivity index (χ2n) is 6.26. The third-order valence-electron chi connectivity index (χ3n) is 4.19. The number of piperidine rings is 1. The van der Waals surface area contributed by atoms with Crippen LogP contribution >= 0.6 is 0 Å². The maximum absolute atomic E-state index is 12.6. The molecule has 1 atom stereocenters. The highest BCUT2D eigenvalue weighted by Gasteiger charge is 2.30. The summed E-state index contributed by atoms with van der Waals surface area (Å²) in [4.78, 5) is 14.7. The van der Waals surface area contributed by atoms with Crippen LogP contribution in [0.5, 0.6) is 5.75 Å². The van der Waals surface area contributed by atoms with E-state index in [1.54, 1.807) is 6.07 Å². The normalized spacial score (nSPS) is 18.2. The van der Waals surface area contributed by atoms with E-state index in [9.17, 15) is 18.0 Å². The quantitative estimate of drug-likeness (QED) is 0.830. The number of nitrogens with one attached hydrogen (secondary N) is 1. The smallest absolute Gasteiger partial charge is 0.422 e. The molecule has 0 aliphatic carbocycles. The zero-order valence-electron chi connectivity index (χ0n) is 14.6. The molecule has 0 bridgehead atoms. The molecule has 1 unspecified atom stereocenters. The number of amides is 1. The molecule has 1 amide bonds. The molecule has 8 heteroatoms. The van der Waals surface area contributed by atoms with Gasteiger partial charge in [0.15, 0.2) is 6.61 Å². The molecule has 1 aliphatic rings. The molecule has 0 spiro atoms. The van der Waals surface area contributed by atoms with Gasteiger partial charge in [-0.1, -0.05) is 13.3 Å². The van der Waals surface area contributed by atoms with Gasteiger partial charge in [-0.3, -0.25) is 9.69 Å². The molecule has 1 fully saturated rings. The van der Waals surface area contributed by atoms with Crippen LogP contribution in [-0.2, 0) is 4.79 Å². The summed E-state index contributed by atoms with van der Waals surface area (Å²) in [5, 5.41) is 11.9. The van der Waals surface area contributed by atoms with Crippen LogP contribution < -0.4 is 10.1 Å². The molecule has 0 aromatic heterocycles. The van der Waals surface area contributed by atoms with Gasteiger partial charge in [0.2, 0.25) is 5.91 Å². The number of likely N-dealkylation sites (tertiary alicyclic amines) is 1. The topological polar surface area (TPSA) is 65.4 Å². The number of nitrogens with zero attached hydrogens (tertiary/aromatic N) is 2. The number of nitriles is 1. The SMILES string of the molecule is CCCN1CCCCC1C(=O)Nc1ccc(OCC(F)(F)F)c(C#N)c1. The van der Waals surface area contributed by atoms with E-state index in [1.165, 1.54) is 18.2 Å². The van der Waals surface area contributed by atoms with Crippen molar-refractivity contribution in [2.24, 2.45) is 0 Å². The summed E-state index contributed by atoms with van der Waals surface area (Å²) in [7, 11) is 0. The fourth-order valence-corrected chi connectivity index (χ4v) is 3.05. The third-order valence-corrected chi connectivity index (χ3v) is 4.19. The van der Waals surface area contributed by atoms with Gasteiger partial charge in [-0.05, 0) is 50.6 Å². The largest absolute Gasteiger partial charge is 0.483 e. The summed E-state index contributed by atoms with van der Waals surface area (Å²) in [6, 6.07) is 5.61. The lowest BCUT2D eigenvalue weighted by Gasteiger charge is -2.34. The van der Waals surface area contributed by atoms with Gasteiger partial charge in [0.05, 0.1) is 11.6 Å². The summed E-state index contributed by atoms with van der Waals surface area (Å²) in [5.41, 5.74) is 0.314. The maximum atomic E-state index is 12.6. The number of hydrogen-bond donors (Lipinski definition) is 1. The van der Waals surface area contributed by atoms with Gasteiger partial charge >= 0.3 is 6.18 Å². The van der Waals surface area contributed by atoms with E-state index >= 15 is 0 Å². The molecule has 1 aliphatic heterocycles. The number of carbonyl (C=O) groups excluding carboxylic acids is 1. The van der Waals surface area contributed by atoms with Crippen molar-refractivity contribution in [1.29, 1.82) is 5.26 Å². The first-order valence-corrected chi connectivity index (χ1v) is 8.62. The highest BCUT2D eigenvalue weighted by molar-refractivity contribution is 5.95. The zero-order valence-corrected chi connectivity index (χ0v) is 14.6. The van der Waals surface area contributed by atoms with Gasteiger partial charge in [-0.2, -0.15) is 18.4 Å². The lowest BCUT2D eigenvalue weighted by molar-refractivity contribution is -0.153. The standard InChI is InChI=1S/C18H22F3N3O2/c1-2-8-24-9-4-3-5-15(24)17(25)23-14-6-7-16(13(10-14)11-22)26-12-18(19,20)21/h6-7,10,15H,2-5,8-9,12H2,1H3,(H,23,25). The molecular formula is C18H22F3N3O2. The average molecular weight is 369 g/mol. The highest BCUT2D eigenvalue weighted by atomic mass is 19.4. The molecule has 1 N–H and O–H groups in total. The molecule has 1 heterocycles. The average Bonchev–Trinajstić information content (AvgIpc) is 2.60. The van der Waals surface area contributed by atoms with Crippen LogP contribution in [0.25, 0.3) is 0 Å². The molecule has 2 rings (SSSR count). The van der Waals surface area contributed by atoms with Crippen LogP contribution in [0.15, 0.2) is 18.2 Å². The van der Waals surface area contributed by atoms with Gasteiger partial charge in [0, 0.05) is 5.69 Å². The van der Waals surface area contributed by atoms with E-state index in [0.717, 1.165) is 38.8 Å². The van der Waals surface area contributed by atoms with Crippen LogP contribution in [0.4, 0.5) is 18.9 Å². The molecule has 1 aromatic rings. The number of alkyl halides is 3. The van der Waals surface area contributed by atoms with Crippen molar-refractivity contribution >= 4 is 11.6 Å². The Morgan fingerprint density at radius 1 is 1.42 bits per heavy atom. The zero-order chi connectivity index (χ0) is 19.2. The Kier molecular flexibility index (Phi) is 6.86. The number of anilines is 1. The fourth-order valence-electron chi connectivity index (χ4n) is 3.05. The molecule has 5 nitrogen and oxygen atoms in total. The summed E-state index contributed by atoms with van der Waals surface area (Å²) < 4.78 is 41.4. The van der Waals surface area contributed by atoms with E-state index in [1.807, 2.05) is 0 Å². The van der Waals surface area contributed by atoms with E-state index < -0.39 is 12.8 Å². The predicted octanol–water partition coefficient (Wildman–Crippen LogP) is 3.70. The van der Waals surface area contributed by atoms with E-state index in [4.69, 9.17) is 5.26 Å². The Balaban J connectivity index is 2.06. The minimum Gasteiger partial charge on any atom is -0.483 e. The number of benzene rings is 1. The lowest BCUT2D eigenvalue weighted by Crippen LogP contribution is -2.47. The second kappa shape index (κ2) is 8.90. The molecule has 0 saturated carbocycles. The van der Waals surface area contributed by atoms with Gasteiger partial charge < -0.3 is 10.1 Å². The minimum absolute atomic E-state index is 0.0545. The van der Waals surface area contributed by atoms with Gasteiger partial charge in [-0.25, -0.2) is 0 Å². The van der Waals surface area contributed by atoms with Crippen molar-refractivity contribution in [3.05, 3.63) is 23.8 Å². The Morgan fingerprint density at radius 3 is 2.85 bits per heavy atom. The second-order valence-corrected chi connectivity index (χ2v) is 6.26. The third kappa shape index (κ3) is 5.63. The van der Waals surface area contributed by atoms with Gasteiger partial charge in [0.25, 0.3) is 0 Å². The van der Waals surface area contributed by atoms with Gasteiger partial charge in [-0.15, -0.1) is 0 Å². The Labute approximate surface area is 150 Å². The minimum atomic E-state index is -4.48. The molecule has 0 radical (unpaired) electrons. The van der Waals surface area contributed by atoms with Crippen molar-refractivity contribution in [2.75, 3.05) is 25.0 Å². The molecule has 1 saturated heterocycles. The van der Waals surface area contributed by atoms with Crippen LogP contribution in [0, 0.1) is 11.3 Å². The monoisotopic (exact) mass is 369 g/mol. The van der Waals surface area contributed by atoms with Crippen LogP contribution in [0.3, 0.4) is 0 Å². The van der Waals surface area contributed by atoms with Crippen LogP contribution in [0.2, 0.25) is 0 Å². The van der Waals surface area contributed by atoms with Crippen LogP contribution in [0.1, 0.15) is 38.2 Å². The number of ether oxygens (including phenoxy) is 1. The molecule has 1 aromatic carbocycles. The van der Waals surface area contributed by atoms with E-state index in [2.05, 4.69) is 21.9 Å². The first-order chi connectivity index (χ1) is 12.3. The van der Waals surface area contributed by atoms with Crippen molar-refractivity contribution in [1.82, 2.24) is 4.90 Å². The number of halogens is 3. The Morgan fingerprint density at radius 2 is 2.19 bits per heavy atom. The first kappa shape index (κ1) is 20.0. The first-order valence-electron chi connectivity index (χ1n) is 8.62. The Hall–Kier alpha value is -2.27. The van der Waals surface area contributed by atoms with E-state index in [0.29, 0.717) is 5.69 Å². The highest BCUT2D eigenvalue weighted by Crippen LogP contribution is 2.26. The summed E-state index contributed by atoms with van der Waals surface area (Å²) >= 11 is 0. The number of rotatable bonds is 6. The van der Waals surface area contributed by atoms with Crippen molar-refractivity contribution in [2.45, 2.75) is 44.8 Å². The van der Waals surface area contributed by atoms with E-state index in [-0.39, 0.29) is 23.3 Å². The Bertz CT molecular complexity index is 669. The summed E-state index contributed by atoms with van der Waals surface area (Å²) in [6.45, 7) is 2.30. The molecule has 142 valence electrons. The maximum Gasteiger partial charge on any atom is 0.422 e. The summed E-state index contributed by atoms with van der Waals surface area (Å²) in [6.07, 6.45) is -0.722. The molecular weight excluding hydrogens is 347 g/mol. The number of carbonyl (C=O) groups is 1. The number of hydrogen-bond acceptors (Lipinski definition) is 4. The van der Waals surface area contributed by atoms with Gasteiger partial charge in [0.1, 0.15) is 11.8 Å².